The van der Waals surface area contributed by atoms with Crippen molar-refractivity contribution in [3.05, 3.63) is 65.9 Å². The molecular formula is C19H20N2O2. The van der Waals surface area contributed by atoms with Gasteiger partial charge in [-0.3, -0.25) is 4.79 Å². The summed E-state index contributed by atoms with van der Waals surface area (Å²) in [7, 11) is 1.94. The highest BCUT2D eigenvalue weighted by molar-refractivity contribution is 6.06. The van der Waals surface area contributed by atoms with E-state index in [1.807, 2.05) is 73.3 Å². The number of para-hydroxylation sites is 1. The van der Waals surface area contributed by atoms with Crippen LogP contribution in [0.1, 0.15) is 15.9 Å². The van der Waals surface area contributed by atoms with Crippen molar-refractivity contribution in [1.82, 2.24) is 9.88 Å². The Hall–Kier alpha value is -2.75. The van der Waals surface area contributed by atoms with E-state index in [9.17, 15) is 4.79 Å². The Morgan fingerprint density at radius 3 is 2.83 bits per heavy atom. The van der Waals surface area contributed by atoms with Crippen molar-refractivity contribution >= 4 is 16.8 Å². The van der Waals surface area contributed by atoms with Gasteiger partial charge in [0.2, 0.25) is 0 Å². The number of nitrogens with zero attached hydrogens (tertiary/aromatic N) is 1. The first-order chi connectivity index (χ1) is 11.1. The van der Waals surface area contributed by atoms with Crippen molar-refractivity contribution < 1.29 is 9.53 Å². The number of fused-ring (bicyclic) bond motifs is 1. The molecule has 0 aliphatic heterocycles. The number of nitrogens with one attached hydrogen (secondary N) is 1. The van der Waals surface area contributed by atoms with Crippen molar-refractivity contribution in [1.29, 1.82) is 0 Å². The van der Waals surface area contributed by atoms with Gasteiger partial charge in [-0.15, -0.1) is 0 Å². The Morgan fingerprint density at radius 1 is 1.17 bits per heavy atom. The van der Waals surface area contributed by atoms with E-state index in [2.05, 4.69) is 5.32 Å². The van der Waals surface area contributed by atoms with Gasteiger partial charge in [-0.1, -0.05) is 30.3 Å². The molecule has 1 amide bonds. The van der Waals surface area contributed by atoms with E-state index in [4.69, 9.17) is 4.74 Å². The third kappa shape index (κ3) is 3.37. The number of hydrogen-bond acceptors (Lipinski definition) is 2. The zero-order valence-electron chi connectivity index (χ0n) is 13.4. The topological polar surface area (TPSA) is 43.3 Å². The van der Waals surface area contributed by atoms with Gasteiger partial charge in [-0.2, -0.15) is 0 Å². The maximum Gasteiger partial charge on any atom is 0.253 e. The molecule has 118 valence electrons. The molecule has 0 aliphatic carbocycles. The van der Waals surface area contributed by atoms with Crippen LogP contribution >= 0.6 is 0 Å². The summed E-state index contributed by atoms with van der Waals surface area (Å²) in [4.78, 5) is 12.4. The number of carbonyl (C=O) groups is 1. The van der Waals surface area contributed by atoms with E-state index in [1.165, 1.54) is 0 Å². The van der Waals surface area contributed by atoms with Crippen LogP contribution < -0.4 is 10.1 Å². The fourth-order valence-corrected chi connectivity index (χ4v) is 2.66. The van der Waals surface area contributed by atoms with E-state index >= 15 is 0 Å². The molecule has 0 aliphatic rings. The number of aromatic nitrogens is 1. The zero-order chi connectivity index (χ0) is 16.2. The largest absolute Gasteiger partial charge is 0.492 e. The number of ether oxygens (including phenoxy) is 1. The molecule has 0 fully saturated rings. The van der Waals surface area contributed by atoms with Gasteiger partial charge in [-0.25, -0.2) is 0 Å². The summed E-state index contributed by atoms with van der Waals surface area (Å²) < 4.78 is 7.61. The lowest BCUT2D eigenvalue weighted by molar-refractivity contribution is 0.0948. The van der Waals surface area contributed by atoms with Gasteiger partial charge in [0, 0.05) is 24.1 Å². The van der Waals surface area contributed by atoms with Gasteiger partial charge < -0.3 is 14.6 Å². The molecule has 1 heterocycles. The van der Waals surface area contributed by atoms with Crippen LogP contribution in [-0.2, 0) is 7.05 Å². The van der Waals surface area contributed by atoms with E-state index in [1.54, 1.807) is 0 Å². The second-order valence-corrected chi connectivity index (χ2v) is 5.59. The summed E-state index contributed by atoms with van der Waals surface area (Å²) in [6.45, 7) is 2.94. The summed E-state index contributed by atoms with van der Waals surface area (Å²) in [6, 6.07) is 15.8. The van der Waals surface area contributed by atoms with Crippen LogP contribution in [0, 0.1) is 6.92 Å². The number of amides is 1. The monoisotopic (exact) mass is 308 g/mol. The first-order valence-electron chi connectivity index (χ1n) is 7.67. The van der Waals surface area contributed by atoms with Gasteiger partial charge in [0.25, 0.3) is 5.91 Å². The molecule has 2 aromatic carbocycles. The van der Waals surface area contributed by atoms with Gasteiger partial charge in [0.1, 0.15) is 12.4 Å². The first-order valence-corrected chi connectivity index (χ1v) is 7.67. The lowest BCUT2D eigenvalue weighted by Crippen LogP contribution is -2.28. The van der Waals surface area contributed by atoms with Gasteiger partial charge >= 0.3 is 0 Å². The molecule has 3 aromatic rings. The van der Waals surface area contributed by atoms with Gasteiger partial charge in [0.15, 0.2) is 0 Å². The first kappa shape index (κ1) is 15.2. The molecular weight excluding hydrogens is 288 g/mol. The quantitative estimate of drug-likeness (QED) is 0.735. The Morgan fingerprint density at radius 2 is 2.00 bits per heavy atom. The minimum Gasteiger partial charge on any atom is -0.492 e. The van der Waals surface area contributed by atoms with E-state index in [0.717, 1.165) is 22.2 Å². The smallest absolute Gasteiger partial charge is 0.253 e. The fourth-order valence-electron chi connectivity index (χ4n) is 2.66. The Balaban J connectivity index is 1.59. The minimum atomic E-state index is -0.0744. The molecule has 4 nitrogen and oxygen atoms in total. The second-order valence-electron chi connectivity index (χ2n) is 5.59. The maximum atomic E-state index is 12.4. The molecule has 0 saturated heterocycles. The predicted octanol–water partition coefficient (Wildman–Crippen LogP) is 3.30. The molecule has 1 aromatic heterocycles. The van der Waals surface area contributed by atoms with Gasteiger partial charge in [-0.05, 0) is 30.7 Å². The second kappa shape index (κ2) is 6.57. The van der Waals surface area contributed by atoms with Crippen molar-refractivity contribution in [2.45, 2.75) is 6.92 Å². The van der Waals surface area contributed by atoms with Crippen LogP contribution in [0.3, 0.4) is 0 Å². The van der Waals surface area contributed by atoms with Crippen molar-refractivity contribution in [3.8, 4) is 5.75 Å². The fraction of sp³-hybridized carbons (Fsp3) is 0.211. The minimum absolute atomic E-state index is 0.0744. The molecule has 23 heavy (non-hydrogen) atoms. The van der Waals surface area contributed by atoms with Crippen LogP contribution in [0.2, 0.25) is 0 Å². The van der Waals surface area contributed by atoms with Crippen LogP contribution in [0.15, 0.2) is 54.7 Å². The standard InChI is InChI=1S/C19H20N2O2/c1-14-6-5-7-15(12-14)23-11-10-20-19(22)17-13-21(2)18-9-4-3-8-16(17)18/h3-9,12-13H,10-11H2,1-2H3,(H,20,22). The predicted molar refractivity (Wildman–Crippen MR) is 91.9 cm³/mol. The molecule has 1 N–H and O–H groups in total. The molecule has 0 unspecified atom stereocenters. The summed E-state index contributed by atoms with van der Waals surface area (Å²) in [6.07, 6.45) is 1.86. The average Bonchev–Trinajstić information content (AvgIpc) is 2.89. The summed E-state index contributed by atoms with van der Waals surface area (Å²) >= 11 is 0. The Labute approximate surface area is 135 Å². The van der Waals surface area contributed by atoms with E-state index in [0.29, 0.717) is 18.7 Å². The van der Waals surface area contributed by atoms with Gasteiger partial charge in [0.05, 0.1) is 12.1 Å². The highest BCUT2D eigenvalue weighted by Crippen LogP contribution is 2.20. The highest BCUT2D eigenvalue weighted by atomic mass is 16.5. The zero-order valence-corrected chi connectivity index (χ0v) is 13.4. The maximum absolute atomic E-state index is 12.4. The summed E-state index contributed by atoms with van der Waals surface area (Å²) in [5.41, 5.74) is 2.90. The summed E-state index contributed by atoms with van der Waals surface area (Å²) in [5, 5.41) is 3.88. The SMILES string of the molecule is Cc1cccc(OCCNC(=O)c2cn(C)c3ccccc23)c1. The van der Waals surface area contributed by atoms with Crippen molar-refractivity contribution in [3.63, 3.8) is 0 Å². The lowest BCUT2D eigenvalue weighted by Gasteiger charge is -2.08. The molecule has 3 rings (SSSR count). The van der Waals surface area contributed by atoms with E-state index in [-0.39, 0.29) is 5.91 Å². The number of hydrogen-bond donors (Lipinski definition) is 1. The molecule has 0 saturated carbocycles. The van der Waals surface area contributed by atoms with Crippen LogP contribution in [0.5, 0.6) is 5.75 Å². The third-order valence-corrected chi connectivity index (χ3v) is 3.79. The Kier molecular flexibility index (Phi) is 4.33. The third-order valence-electron chi connectivity index (χ3n) is 3.79. The molecule has 0 spiro atoms. The summed E-state index contributed by atoms with van der Waals surface area (Å²) in [5.74, 6) is 0.749. The molecule has 4 heteroatoms. The van der Waals surface area contributed by atoms with Crippen LogP contribution in [0.4, 0.5) is 0 Å². The van der Waals surface area contributed by atoms with Crippen molar-refractivity contribution in [2.75, 3.05) is 13.2 Å². The molecule has 0 atom stereocenters. The van der Waals surface area contributed by atoms with Crippen LogP contribution in [0.25, 0.3) is 10.9 Å². The van der Waals surface area contributed by atoms with Crippen molar-refractivity contribution in [2.24, 2.45) is 7.05 Å². The average molecular weight is 308 g/mol. The van der Waals surface area contributed by atoms with E-state index < -0.39 is 0 Å². The normalized spacial score (nSPS) is 10.7. The number of aryl methyl sites for hydroxylation is 2. The molecule has 0 bridgehead atoms. The number of benzene rings is 2. The molecule has 0 radical (unpaired) electrons. The Bertz CT molecular complexity index is 836. The van der Waals surface area contributed by atoms with Crippen LogP contribution in [-0.4, -0.2) is 23.6 Å². The number of rotatable bonds is 5. The highest BCUT2D eigenvalue weighted by Gasteiger charge is 2.12. The lowest BCUT2D eigenvalue weighted by atomic mass is 10.1. The number of carbonyl (C=O) groups excluding carboxylic acids is 1.